The first-order chi connectivity index (χ1) is 24.3. The van der Waals surface area contributed by atoms with Crippen molar-refractivity contribution in [2.45, 2.75) is 0 Å². The number of aromatic nitrogens is 2. The van der Waals surface area contributed by atoms with Crippen LogP contribution in [0.2, 0.25) is 0 Å². The van der Waals surface area contributed by atoms with Crippen molar-refractivity contribution in [2.75, 3.05) is 0 Å². The van der Waals surface area contributed by atoms with Crippen molar-refractivity contribution in [3.63, 3.8) is 0 Å². The number of benzene rings is 9. The van der Waals surface area contributed by atoms with Gasteiger partial charge in [-0.15, -0.1) is 0 Å². The molecule has 0 saturated carbocycles. The van der Waals surface area contributed by atoms with Crippen molar-refractivity contribution in [3.05, 3.63) is 176 Å². The van der Waals surface area contributed by atoms with Gasteiger partial charge in [0.2, 0.25) is 0 Å². The van der Waals surface area contributed by atoms with Crippen molar-refractivity contribution < 1.29 is 0 Å². The molecular formula is C47H30N2. The Morgan fingerprint density at radius 2 is 0.878 bits per heavy atom. The molecule has 1 aromatic heterocycles. The lowest BCUT2D eigenvalue weighted by atomic mass is 9.84. The van der Waals surface area contributed by atoms with Crippen LogP contribution in [0.15, 0.2) is 176 Å². The van der Waals surface area contributed by atoms with Crippen LogP contribution in [0.1, 0.15) is 0 Å². The molecule has 10 rings (SSSR count). The molecule has 0 aliphatic rings. The summed E-state index contributed by atoms with van der Waals surface area (Å²) >= 11 is 0. The van der Waals surface area contributed by atoms with Crippen LogP contribution in [-0.4, -0.2) is 9.97 Å². The van der Waals surface area contributed by atoms with Gasteiger partial charge >= 0.3 is 0 Å². The number of H-pyrrole nitrogens is 1. The molecule has 0 saturated heterocycles. The van der Waals surface area contributed by atoms with Gasteiger partial charge in [0.05, 0.1) is 0 Å². The highest BCUT2D eigenvalue weighted by Crippen LogP contribution is 2.46. The third-order valence-corrected chi connectivity index (χ3v) is 10.1. The first-order valence-corrected chi connectivity index (χ1v) is 16.8. The van der Waals surface area contributed by atoms with Gasteiger partial charge < -0.3 is 4.98 Å². The average Bonchev–Trinajstić information content (AvgIpc) is 3.71. The third-order valence-electron chi connectivity index (χ3n) is 10.1. The molecule has 0 unspecified atom stereocenters. The number of fused-ring (bicyclic) bond motifs is 6. The highest BCUT2D eigenvalue weighted by Gasteiger charge is 2.20. The number of hydrogen-bond acceptors (Lipinski definition) is 1. The van der Waals surface area contributed by atoms with E-state index in [9.17, 15) is 0 Å². The highest BCUT2D eigenvalue weighted by molar-refractivity contribution is 6.22. The molecule has 0 bridgehead atoms. The minimum Gasteiger partial charge on any atom is -0.345 e. The molecule has 2 nitrogen and oxygen atoms in total. The van der Waals surface area contributed by atoms with Crippen LogP contribution in [-0.2, 0) is 0 Å². The summed E-state index contributed by atoms with van der Waals surface area (Å²) in [6, 6.07) is 60.0. The molecule has 0 aliphatic heterocycles. The smallest absolute Gasteiger partial charge is 0.137 e. The first-order valence-electron chi connectivity index (χ1n) is 16.8. The number of hydrogen-bond donors (Lipinski definition) is 1. The minimum atomic E-state index is 0.861. The summed E-state index contributed by atoms with van der Waals surface area (Å²) in [7, 11) is 0. The maximum Gasteiger partial charge on any atom is 0.137 e. The molecule has 9 aromatic carbocycles. The Bertz CT molecular complexity index is 2820. The fraction of sp³-hybridized carbons (Fsp3) is 0. The van der Waals surface area contributed by atoms with Gasteiger partial charge in [0, 0.05) is 18.0 Å². The predicted molar refractivity (Wildman–Crippen MR) is 208 cm³/mol. The standard InChI is InChI=1S/C47H30N2/c1-2-12-31-27-33(22-21-30(31)11-1)45-38-17-7-9-19-40(38)46(41-20-10-8-18-39(41)45)34-23-24-42(47-48-25-26-49-47)44(29-34)43-28-32-13-3-4-14-35(32)36-15-5-6-16-37(36)43/h1-29H,(H,48,49). The lowest BCUT2D eigenvalue weighted by molar-refractivity contribution is 1.31. The van der Waals surface area contributed by atoms with Crippen molar-refractivity contribution in [3.8, 4) is 44.8 Å². The Morgan fingerprint density at radius 3 is 1.53 bits per heavy atom. The molecule has 0 atom stereocenters. The van der Waals surface area contributed by atoms with Gasteiger partial charge in [-0.2, -0.15) is 0 Å². The number of imidazole rings is 1. The van der Waals surface area contributed by atoms with E-state index >= 15 is 0 Å². The topological polar surface area (TPSA) is 28.7 Å². The zero-order valence-corrected chi connectivity index (χ0v) is 26.7. The second-order valence-electron chi connectivity index (χ2n) is 12.8. The van der Waals surface area contributed by atoms with Gasteiger partial charge in [-0.3, -0.25) is 0 Å². The first kappa shape index (κ1) is 27.6. The fourth-order valence-corrected chi connectivity index (χ4v) is 7.91. The normalized spacial score (nSPS) is 11.7. The van der Waals surface area contributed by atoms with E-state index < -0.39 is 0 Å². The molecule has 10 aromatic rings. The number of nitrogens with zero attached hydrogens (tertiary/aromatic N) is 1. The van der Waals surface area contributed by atoms with E-state index in [2.05, 4.69) is 169 Å². The Hall–Kier alpha value is -6.51. The monoisotopic (exact) mass is 622 g/mol. The average molecular weight is 623 g/mol. The van der Waals surface area contributed by atoms with Crippen LogP contribution in [0.25, 0.3) is 98.6 Å². The molecule has 0 fully saturated rings. The Balaban J connectivity index is 1.29. The van der Waals surface area contributed by atoms with E-state index in [1.54, 1.807) is 0 Å². The molecule has 228 valence electrons. The SMILES string of the molecule is c1ccc2cc(-c3c4ccccc4c(-c4ccc(-c5ncc[nH]5)c(-c5cc6ccccc6c6ccccc56)c4)c4ccccc34)ccc2c1. The summed E-state index contributed by atoms with van der Waals surface area (Å²) < 4.78 is 0. The zero-order valence-electron chi connectivity index (χ0n) is 26.7. The predicted octanol–water partition coefficient (Wildman–Crippen LogP) is 12.8. The van der Waals surface area contributed by atoms with E-state index in [0.717, 1.165) is 17.0 Å². The Kier molecular flexibility index (Phi) is 6.22. The lowest BCUT2D eigenvalue weighted by Crippen LogP contribution is -1.94. The maximum absolute atomic E-state index is 4.73. The number of aromatic amines is 1. The van der Waals surface area contributed by atoms with Crippen LogP contribution >= 0.6 is 0 Å². The van der Waals surface area contributed by atoms with Crippen LogP contribution in [0.4, 0.5) is 0 Å². The van der Waals surface area contributed by atoms with Crippen molar-refractivity contribution in [1.29, 1.82) is 0 Å². The van der Waals surface area contributed by atoms with E-state index in [-0.39, 0.29) is 0 Å². The summed E-state index contributed by atoms with van der Waals surface area (Å²) in [5, 5.41) is 12.4. The van der Waals surface area contributed by atoms with Gasteiger partial charge in [-0.1, -0.05) is 146 Å². The van der Waals surface area contributed by atoms with Gasteiger partial charge in [-0.25, -0.2) is 4.98 Å². The molecule has 1 N–H and O–H groups in total. The van der Waals surface area contributed by atoms with Gasteiger partial charge in [0.25, 0.3) is 0 Å². The Morgan fingerprint density at radius 1 is 0.347 bits per heavy atom. The van der Waals surface area contributed by atoms with Crippen molar-refractivity contribution in [2.24, 2.45) is 0 Å². The van der Waals surface area contributed by atoms with Gasteiger partial charge in [0.15, 0.2) is 0 Å². The van der Waals surface area contributed by atoms with Crippen molar-refractivity contribution >= 4 is 53.9 Å². The minimum absolute atomic E-state index is 0.861. The second kappa shape index (κ2) is 11.0. The fourth-order valence-electron chi connectivity index (χ4n) is 7.91. The van der Waals surface area contributed by atoms with E-state index in [1.807, 2.05) is 12.4 Å². The molecule has 0 radical (unpaired) electrons. The summed E-state index contributed by atoms with van der Waals surface area (Å²) in [5.74, 6) is 0.861. The summed E-state index contributed by atoms with van der Waals surface area (Å²) in [6.07, 6.45) is 3.73. The van der Waals surface area contributed by atoms with Crippen LogP contribution in [0, 0.1) is 0 Å². The van der Waals surface area contributed by atoms with Crippen LogP contribution in [0.3, 0.4) is 0 Å². The molecule has 1 heterocycles. The van der Waals surface area contributed by atoms with Crippen LogP contribution < -0.4 is 0 Å². The van der Waals surface area contributed by atoms with E-state index in [4.69, 9.17) is 4.98 Å². The van der Waals surface area contributed by atoms with Gasteiger partial charge in [-0.05, 0) is 105 Å². The molecule has 2 heteroatoms. The maximum atomic E-state index is 4.73. The second-order valence-corrected chi connectivity index (χ2v) is 12.8. The van der Waals surface area contributed by atoms with Crippen molar-refractivity contribution in [1.82, 2.24) is 9.97 Å². The molecule has 0 amide bonds. The Labute approximate surface area is 283 Å². The molecular weight excluding hydrogens is 593 g/mol. The number of nitrogens with one attached hydrogen (secondary N) is 1. The summed E-state index contributed by atoms with van der Waals surface area (Å²) in [6.45, 7) is 0. The zero-order chi connectivity index (χ0) is 32.3. The third kappa shape index (κ3) is 4.38. The lowest BCUT2D eigenvalue weighted by Gasteiger charge is -2.20. The highest BCUT2D eigenvalue weighted by atomic mass is 14.9. The molecule has 49 heavy (non-hydrogen) atoms. The molecule has 0 aliphatic carbocycles. The summed E-state index contributed by atoms with van der Waals surface area (Å²) in [5.41, 5.74) is 8.36. The van der Waals surface area contributed by atoms with Crippen LogP contribution in [0.5, 0.6) is 0 Å². The number of rotatable bonds is 4. The largest absolute Gasteiger partial charge is 0.345 e. The summed E-state index contributed by atoms with van der Waals surface area (Å²) in [4.78, 5) is 8.12. The van der Waals surface area contributed by atoms with E-state index in [1.165, 1.54) is 81.7 Å². The van der Waals surface area contributed by atoms with E-state index in [0.29, 0.717) is 0 Å². The van der Waals surface area contributed by atoms with Gasteiger partial charge in [0.1, 0.15) is 5.82 Å². The molecule has 0 spiro atoms. The quantitative estimate of drug-likeness (QED) is 0.154.